The number of nitrogens with zero attached hydrogens (tertiary/aromatic N) is 1. The molecular formula is C26H24N2O4. The molecule has 0 radical (unpaired) electrons. The molecule has 0 aliphatic carbocycles. The Morgan fingerprint density at radius 3 is 2.53 bits per heavy atom. The molecule has 2 aliphatic heterocycles. The largest absolute Gasteiger partial charge is 0.494 e. The normalized spacial score (nSPS) is 21.1. The molecular weight excluding hydrogens is 404 g/mol. The highest BCUT2D eigenvalue weighted by molar-refractivity contribution is 6.07. The summed E-state index contributed by atoms with van der Waals surface area (Å²) in [5.74, 6) is 0.990. The number of para-hydroxylation sites is 1. The van der Waals surface area contributed by atoms with Crippen molar-refractivity contribution in [2.75, 3.05) is 18.5 Å². The number of carbonyl (C=O) groups excluding carboxylic acids is 1. The zero-order valence-corrected chi connectivity index (χ0v) is 17.5. The SMILES string of the molecule is O=C1Nc2ccccc2[C@@H]2OC(c3ccc(OCCCO)cc3)=N[C@]12Cc1ccccc1. The average Bonchev–Trinajstić information content (AvgIpc) is 3.22. The van der Waals surface area contributed by atoms with Crippen molar-refractivity contribution in [2.45, 2.75) is 24.5 Å². The molecule has 0 aromatic heterocycles. The Morgan fingerprint density at radius 2 is 1.75 bits per heavy atom. The van der Waals surface area contributed by atoms with Gasteiger partial charge < -0.3 is 19.9 Å². The lowest BCUT2D eigenvalue weighted by atomic mass is 9.79. The Balaban J connectivity index is 1.51. The molecule has 0 fully saturated rings. The quantitative estimate of drug-likeness (QED) is 0.560. The second-order valence-electron chi connectivity index (χ2n) is 7.99. The van der Waals surface area contributed by atoms with Crippen molar-refractivity contribution in [3.05, 3.63) is 95.6 Å². The van der Waals surface area contributed by atoms with Crippen molar-refractivity contribution >= 4 is 17.5 Å². The minimum absolute atomic E-state index is 0.0944. The molecule has 5 rings (SSSR count). The predicted octanol–water partition coefficient (Wildman–Crippen LogP) is 3.90. The van der Waals surface area contributed by atoms with Gasteiger partial charge in [-0.3, -0.25) is 4.79 Å². The molecule has 1 amide bonds. The van der Waals surface area contributed by atoms with Gasteiger partial charge in [-0.2, -0.15) is 0 Å². The van der Waals surface area contributed by atoms with Gasteiger partial charge in [-0.15, -0.1) is 0 Å². The van der Waals surface area contributed by atoms with Gasteiger partial charge in [0.15, 0.2) is 11.6 Å². The van der Waals surface area contributed by atoms with Crippen molar-refractivity contribution in [1.29, 1.82) is 0 Å². The van der Waals surface area contributed by atoms with E-state index in [0.29, 0.717) is 31.1 Å². The summed E-state index contributed by atoms with van der Waals surface area (Å²) in [5, 5.41) is 11.9. The third-order valence-corrected chi connectivity index (χ3v) is 5.84. The van der Waals surface area contributed by atoms with Gasteiger partial charge in [-0.05, 0) is 35.9 Å². The number of carbonyl (C=O) groups is 1. The van der Waals surface area contributed by atoms with Crippen LogP contribution >= 0.6 is 0 Å². The molecule has 0 saturated heterocycles. The highest BCUT2D eigenvalue weighted by atomic mass is 16.5. The van der Waals surface area contributed by atoms with Gasteiger partial charge in [0.1, 0.15) is 5.75 Å². The van der Waals surface area contributed by atoms with Crippen LogP contribution in [0.25, 0.3) is 0 Å². The Kier molecular flexibility index (Phi) is 5.37. The van der Waals surface area contributed by atoms with Gasteiger partial charge in [-0.25, -0.2) is 4.99 Å². The van der Waals surface area contributed by atoms with Crippen LogP contribution in [0.2, 0.25) is 0 Å². The zero-order chi connectivity index (χ0) is 22.0. The maximum Gasteiger partial charge on any atom is 0.257 e. The highest BCUT2D eigenvalue weighted by Crippen LogP contribution is 2.47. The second kappa shape index (κ2) is 8.48. The van der Waals surface area contributed by atoms with E-state index in [-0.39, 0.29) is 12.5 Å². The maximum absolute atomic E-state index is 13.4. The van der Waals surface area contributed by atoms with Crippen molar-refractivity contribution in [3.63, 3.8) is 0 Å². The molecule has 6 heteroatoms. The molecule has 0 bridgehead atoms. The van der Waals surface area contributed by atoms with Crippen LogP contribution in [0.15, 0.2) is 83.9 Å². The fourth-order valence-electron chi connectivity index (χ4n) is 4.24. The summed E-state index contributed by atoms with van der Waals surface area (Å²) in [5.41, 5.74) is 2.40. The second-order valence-corrected chi connectivity index (χ2v) is 7.99. The molecule has 6 nitrogen and oxygen atoms in total. The van der Waals surface area contributed by atoms with Gasteiger partial charge in [0.05, 0.1) is 6.61 Å². The van der Waals surface area contributed by atoms with Crippen LogP contribution in [0.3, 0.4) is 0 Å². The first-order valence-corrected chi connectivity index (χ1v) is 10.7. The number of fused-ring (bicyclic) bond motifs is 3. The molecule has 2 heterocycles. The van der Waals surface area contributed by atoms with Gasteiger partial charge in [0.2, 0.25) is 5.90 Å². The number of hydrogen-bond donors (Lipinski definition) is 2. The molecule has 0 unspecified atom stereocenters. The molecule has 2 aliphatic rings. The molecule has 0 saturated carbocycles. The lowest BCUT2D eigenvalue weighted by Gasteiger charge is -2.35. The van der Waals surface area contributed by atoms with Crippen LogP contribution in [-0.4, -0.2) is 35.7 Å². The fourth-order valence-corrected chi connectivity index (χ4v) is 4.24. The number of aliphatic hydroxyl groups is 1. The smallest absolute Gasteiger partial charge is 0.257 e. The van der Waals surface area contributed by atoms with Crippen molar-refractivity contribution in [1.82, 2.24) is 0 Å². The first-order valence-electron chi connectivity index (χ1n) is 10.7. The topological polar surface area (TPSA) is 80.2 Å². The van der Waals surface area contributed by atoms with Crippen LogP contribution in [0.5, 0.6) is 5.75 Å². The van der Waals surface area contributed by atoms with Crippen LogP contribution in [-0.2, 0) is 16.0 Å². The predicted molar refractivity (Wildman–Crippen MR) is 122 cm³/mol. The number of benzene rings is 3. The van der Waals surface area contributed by atoms with E-state index in [1.54, 1.807) is 0 Å². The van der Waals surface area contributed by atoms with Gasteiger partial charge >= 0.3 is 0 Å². The molecule has 2 atom stereocenters. The van der Waals surface area contributed by atoms with E-state index in [9.17, 15) is 4.79 Å². The van der Waals surface area contributed by atoms with E-state index >= 15 is 0 Å². The zero-order valence-electron chi connectivity index (χ0n) is 17.5. The van der Waals surface area contributed by atoms with Crippen LogP contribution in [0.1, 0.15) is 29.2 Å². The Bertz CT molecular complexity index is 1140. The minimum atomic E-state index is -1.08. The molecule has 32 heavy (non-hydrogen) atoms. The van der Waals surface area contributed by atoms with Gasteiger partial charge in [0, 0.05) is 36.3 Å². The monoisotopic (exact) mass is 428 g/mol. The van der Waals surface area contributed by atoms with E-state index in [4.69, 9.17) is 19.6 Å². The Labute approximate surface area is 186 Å². The average molecular weight is 428 g/mol. The molecule has 162 valence electrons. The van der Waals surface area contributed by atoms with E-state index in [1.165, 1.54) is 0 Å². The summed E-state index contributed by atoms with van der Waals surface area (Å²) < 4.78 is 12.0. The van der Waals surface area contributed by atoms with Crippen molar-refractivity contribution in [3.8, 4) is 5.75 Å². The third kappa shape index (κ3) is 3.63. The summed E-state index contributed by atoms with van der Waals surface area (Å²) in [7, 11) is 0. The Morgan fingerprint density at radius 1 is 1.00 bits per heavy atom. The van der Waals surface area contributed by atoms with Gasteiger partial charge in [-0.1, -0.05) is 48.5 Å². The summed E-state index contributed by atoms with van der Waals surface area (Å²) in [6.45, 7) is 0.545. The third-order valence-electron chi connectivity index (χ3n) is 5.84. The minimum Gasteiger partial charge on any atom is -0.494 e. The van der Waals surface area contributed by atoms with E-state index < -0.39 is 11.6 Å². The molecule has 0 spiro atoms. The number of aliphatic hydroxyl groups excluding tert-OH is 1. The number of anilines is 1. The number of rotatable bonds is 7. The number of hydrogen-bond acceptors (Lipinski definition) is 5. The Hall–Kier alpha value is -3.64. The summed E-state index contributed by atoms with van der Waals surface area (Å²) in [6, 6.07) is 25.1. The maximum atomic E-state index is 13.4. The highest BCUT2D eigenvalue weighted by Gasteiger charge is 2.56. The lowest BCUT2D eigenvalue weighted by molar-refractivity contribution is -0.124. The summed E-state index contributed by atoms with van der Waals surface area (Å²) in [6.07, 6.45) is 0.503. The van der Waals surface area contributed by atoms with Gasteiger partial charge in [0.25, 0.3) is 5.91 Å². The number of amides is 1. The number of ether oxygens (including phenoxy) is 2. The fraction of sp³-hybridized carbons (Fsp3) is 0.231. The number of aliphatic imine (C=N–C) groups is 1. The first-order chi connectivity index (χ1) is 15.7. The lowest BCUT2D eigenvalue weighted by Crippen LogP contribution is -2.49. The van der Waals surface area contributed by atoms with Crippen molar-refractivity contribution in [2.24, 2.45) is 4.99 Å². The van der Waals surface area contributed by atoms with Crippen molar-refractivity contribution < 1.29 is 19.4 Å². The van der Waals surface area contributed by atoms with Crippen LogP contribution in [0, 0.1) is 0 Å². The van der Waals surface area contributed by atoms with E-state index in [2.05, 4.69) is 5.32 Å². The summed E-state index contributed by atoms with van der Waals surface area (Å²) in [4.78, 5) is 18.3. The molecule has 3 aromatic carbocycles. The standard InChI is InChI=1S/C26H24N2O4/c29-15-6-16-31-20-13-11-19(12-14-20)24-28-26(17-18-7-2-1-3-8-18)23(32-24)21-9-4-5-10-22(21)27-25(26)30/h1-5,7-14,23,29H,6,15-17H2,(H,27,30)/t23-,26-/m0/s1. The summed E-state index contributed by atoms with van der Waals surface area (Å²) >= 11 is 0. The van der Waals surface area contributed by atoms with Crippen LogP contribution < -0.4 is 10.1 Å². The molecule has 2 N–H and O–H groups in total. The number of nitrogens with one attached hydrogen (secondary N) is 1. The first kappa shape index (κ1) is 20.3. The van der Waals surface area contributed by atoms with E-state index in [0.717, 1.165) is 22.4 Å². The molecule has 3 aromatic rings. The van der Waals surface area contributed by atoms with Crippen LogP contribution in [0.4, 0.5) is 5.69 Å². The van der Waals surface area contributed by atoms with E-state index in [1.807, 2.05) is 78.9 Å².